The zero-order chi connectivity index (χ0) is 18.4. The third-order valence-corrected chi connectivity index (χ3v) is 3.95. The lowest BCUT2D eigenvalue weighted by molar-refractivity contribution is -0.116. The van der Waals surface area contributed by atoms with E-state index in [0.29, 0.717) is 11.6 Å². The molecule has 2 aromatic heterocycles. The average molecular weight is 364 g/mol. The number of nitrogens with one attached hydrogen (secondary N) is 3. The molecule has 0 bridgehead atoms. The van der Waals surface area contributed by atoms with Crippen LogP contribution in [0.25, 0.3) is 11.4 Å². The average Bonchev–Trinajstić information content (AvgIpc) is 3.13. The molecule has 8 heteroatoms. The molecular formula is C17H24N4O3S. The van der Waals surface area contributed by atoms with Crippen LogP contribution < -0.4 is 10.6 Å². The van der Waals surface area contributed by atoms with Gasteiger partial charge < -0.3 is 20.4 Å². The number of H-pyrrole nitrogens is 1. The minimum Gasteiger partial charge on any atom is -0.444 e. The molecule has 136 valence electrons. The van der Waals surface area contributed by atoms with Gasteiger partial charge in [-0.05, 0) is 46.2 Å². The molecule has 1 atom stereocenters. The van der Waals surface area contributed by atoms with Crippen LogP contribution in [-0.2, 0) is 9.53 Å². The molecule has 25 heavy (non-hydrogen) atoms. The molecule has 2 amide bonds. The molecule has 0 unspecified atom stereocenters. The largest absolute Gasteiger partial charge is 0.444 e. The van der Waals surface area contributed by atoms with Gasteiger partial charge in [0.15, 0.2) is 5.13 Å². The second-order valence-corrected chi connectivity index (χ2v) is 7.61. The topological polar surface area (TPSA) is 96.1 Å². The third-order valence-electron chi connectivity index (χ3n) is 3.19. The van der Waals surface area contributed by atoms with Gasteiger partial charge in [0.2, 0.25) is 5.91 Å². The minimum absolute atomic E-state index is 0.134. The standard InChI is InChI=1S/C17H24N4O3S/c1-11(19-16(23)24-17(2,3)4)7-8-14(22)21-15-20-13(10-25-15)12-6-5-9-18-12/h5-6,9-11,18H,7-8H2,1-4H3,(H,19,23)(H,20,21,22)/t11-/m0/s1. The molecule has 0 saturated heterocycles. The SMILES string of the molecule is C[C@@H](CCC(=O)Nc1nc(-c2ccc[nH]2)cs1)NC(=O)OC(C)(C)C. The first kappa shape index (κ1) is 19.0. The number of rotatable bonds is 6. The Morgan fingerprint density at radius 2 is 2.16 bits per heavy atom. The van der Waals surface area contributed by atoms with Crippen molar-refractivity contribution in [3.63, 3.8) is 0 Å². The number of carbonyl (C=O) groups is 2. The number of amides is 2. The maximum Gasteiger partial charge on any atom is 0.407 e. The van der Waals surface area contributed by atoms with E-state index in [0.717, 1.165) is 11.4 Å². The summed E-state index contributed by atoms with van der Waals surface area (Å²) < 4.78 is 5.19. The zero-order valence-electron chi connectivity index (χ0n) is 14.9. The van der Waals surface area contributed by atoms with E-state index in [4.69, 9.17) is 4.74 Å². The van der Waals surface area contributed by atoms with E-state index in [1.54, 1.807) is 20.8 Å². The van der Waals surface area contributed by atoms with Crippen LogP contribution in [0, 0.1) is 0 Å². The number of aromatic amines is 1. The van der Waals surface area contributed by atoms with Crippen molar-refractivity contribution in [2.45, 2.75) is 52.2 Å². The molecule has 0 saturated carbocycles. The third kappa shape index (κ3) is 6.58. The highest BCUT2D eigenvalue weighted by Gasteiger charge is 2.18. The number of ether oxygens (including phenoxy) is 1. The Balaban J connectivity index is 1.74. The van der Waals surface area contributed by atoms with Crippen LogP contribution in [0.5, 0.6) is 0 Å². The van der Waals surface area contributed by atoms with Gasteiger partial charge in [0.05, 0.1) is 11.4 Å². The van der Waals surface area contributed by atoms with Gasteiger partial charge in [-0.25, -0.2) is 9.78 Å². The molecular weight excluding hydrogens is 340 g/mol. The van der Waals surface area contributed by atoms with Crippen molar-refractivity contribution < 1.29 is 14.3 Å². The Morgan fingerprint density at radius 3 is 2.80 bits per heavy atom. The van der Waals surface area contributed by atoms with E-state index in [2.05, 4.69) is 20.6 Å². The number of nitrogens with zero attached hydrogens (tertiary/aromatic N) is 1. The molecule has 0 aliphatic rings. The molecule has 0 radical (unpaired) electrons. The van der Waals surface area contributed by atoms with E-state index < -0.39 is 11.7 Å². The molecule has 0 aliphatic heterocycles. The molecule has 7 nitrogen and oxygen atoms in total. The second kappa shape index (κ2) is 8.15. The summed E-state index contributed by atoms with van der Waals surface area (Å²) in [5, 5.41) is 7.94. The van der Waals surface area contributed by atoms with Crippen molar-refractivity contribution in [3.8, 4) is 11.4 Å². The number of hydrogen-bond donors (Lipinski definition) is 3. The molecule has 0 spiro atoms. The van der Waals surface area contributed by atoms with Gasteiger partial charge in [-0.1, -0.05) is 0 Å². The van der Waals surface area contributed by atoms with Gasteiger partial charge in [0, 0.05) is 24.0 Å². The molecule has 3 N–H and O–H groups in total. The summed E-state index contributed by atoms with van der Waals surface area (Å²) in [5.41, 5.74) is 1.17. The van der Waals surface area contributed by atoms with Gasteiger partial charge in [0.1, 0.15) is 5.60 Å². The number of anilines is 1. The highest BCUT2D eigenvalue weighted by Crippen LogP contribution is 2.23. The molecule has 2 aromatic rings. The molecule has 2 rings (SSSR count). The Hall–Kier alpha value is -2.35. The van der Waals surface area contributed by atoms with Crippen LogP contribution in [0.2, 0.25) is 0 Å². The first-order chi connectivity index (χ1) is 11.7. The van der Waals surface area contributed by atoms with Gasteiger partial charge in [-0.2, -0.15) is 0 Å². The zero-order valence-corrected chi connectivity index (χ0v) is 15.7. The van der Waals surface area contributed by atoms with Crippen molar-refractivity contribution in [2.75, 3.05) is 5.32 Å². The minimum atomic E-state index is -0.539. The van der Waals surface area contributed by atoms with Gasteiger partial charge >= 0.3 is 6.09 Å². The van der Waals surface area contributed by atoms with Crippen molar-refractivity contribution in [1.29, 1.82) is 0 Å². The highest BCUT2D eigenvalue weighted by atomic mass is 32.1. The summed E-state index contributed by atoms with van der Waals surface area (Å²) >= 11 is 1.37. The predicted octanol–water partition coefficient (Wildman–Crippen LogP) is 3.77. The Bertz CT molecular complexity index is 704. The summed E-state index contributed by atoms with van der Waals surface area (Å²) in [6.07, 6.45) is 2.15. The van der Waals surface area contributed by atoms with E-state index in [9.17, 15) is 9.59 Å². The van der Waals surface area contributed by atoms with E-state index in [1.165, 1.54) is 11.3 Å². The Morgan fingerprint density at radius 1 is 1.40 bits per heavy atom. The van der Waals surface area contributed by atoms with Crippen LogP contribution in [0.1, 0.15) is 40.5 Å². The highest BCUT2D eigenvalue weighted by molar-refractivity contribution is 7.14. The lowest BCUT2D eigenvalue weighted by Gasteiger charge is -2.21. The molecule has 0 fully saturated rings. The van der Waals surface area contributed by atoms with Crippen LogP contribution in [-0.4, -0.2) is 33.6 Å². The van der Waals surface area contributed by atoms with Crippen molar-refractivity contribution in [3.05, 3.63) is 23.7 Å². The number of carbonyl (C=O) groups excluding carboxylic acids is 2. The second-order valence-electron chi connectivity index (χ2n) is 6.76. The van der Waals surface area contributed by atoms with Crippen LogP contribution in [0.15, 0.2) is 23.7 Å². The fraction of sp³-hybridized carbons (Fsp3) is 0.471. The summed E-state index contributed by atoms with van der Waals surface area (Å²) in [6.45, 7) is 7.25. The summed E-state index contributed by atoms with van der Waals surface area (Å²) in [6, 6.07) is 3.66. The normalized spacial score (nSPS) is 12.5. The first-order valence-electron chi connectivity index (χ1n) is 8.11. The van der Waals surface area contributed by atoms with Crippen LogP contribution in [0.3, 0.4) is 0 Å². The van der Waals surface area contributed by atoms with Gasteiger partial charge in [0.25, 0.3) is 0 Å². The number of hydrogen-bond acceptors (Lipinski definition) is 5. The van der Waals surface area contributed by atoms with Crippen LogP contribution >= 0.6 is 11.3 Å². The maximum absolute atomic E-state index is 12.0. The monoisotopic (exact) mass is 364 g/mol. The molecule has 0 aromatic carbocycles. The Kier molecular flexibility index (Phi) is 6.19. The van der Waals surface area contributed by atoms with E-state index >= 15 is 0 Å². The lowest BCUT2D eigenvalue weighted by atomic mass is 10.2. The van der Waals surface area contributed by atoms with Crippen molar-refractivity contribution in [2.24, 2.45) is 0 Å². The summed E-state index contributed by atoms with van der Waals surface area (Å²) in [7, 11) is 0. The Labute approximate surface area is 151 Å². The van der Waals surface area contributed by atoms with Crippen LogP contribution in [0.4, 0.5) is 9.93 Å². The number of thiazole rings is 1. The smallest absolute Gasteiger partial charge is 0.407 e. The molecule has 0 aliphatic carbocycles. The van der Waals surface area contributed by atoms with Crippen molar-refractivity contribution >= 4 is 28.5 Å². The van der Waals surface area contributed by atoms with Crippen molar-refractivity contribution in [1.82, 2.24) is 15.3 Å². The number of alkyl carbamates (subject to hydrolysis) is 1. The first-order valence-corrected chi connectivity index (χ1v) is 8.99. The number of aromatic nitrogens is 2. The lowest BCUT2D eigenvalue weighted by Crippen LogP contribution is -2.38. The fourth-order valence-electron chi connectivity index (χ4n) is 2.05. The quantitative estimate of drug-likeness (QED) is 0.727. The predicted molar refractivity (Wildman–Crippen MR) is 98.6 cm³/mol. The van der Waals surface area contributed by atoms with Gasteiger partial charge in [-0.15, -0.1) is 11.3 Å². The van der Waals surface area contributed by atoms with Gasteiger partial charge in [-0.3, -0.25) is 4.79 Å². The fourth-order valence-corrected chi connectivity index (χ4v) is 2.78. The van der Waals surface area contributed by atoms with E-state index in [-0.39, 0.29) is 18.4 Å². The molecule has 2 heterocycles. The summed E-state index contributed by atoms with van der Waals surface area (Å²) in [5.74, 6) is -0.134. The maximum atomic E-state index is 12.0. The van der Waals surface area contributed by atoms with E-state index in [1.807, 2.05) is 30.6 Å². The summed E-state index contributed by atoms with van der Waals surface area (Å²) in [4.78, 5) is 31.2.